The molecule has 1 atom stereocenters. The van der Waals surface area contributed by atoms with Gasteiger partial charge in [-0.15, -0.1) is 0 Å². The summed E-state index contributed by atoms with van der Waals surface area (Å²) in [6.45, 7) is 2.83. The Morgan fingerprint density at radius 3 is 3.10 bits per heavy atom. The number of hydrogen-bond donors (Lipinski definition) is 1. The predicted molar refractivity (Wildman–Crippen MR) is 73.4 cm³/mol. The molecule has 7 heteroatoms. The first-order valence-electron chi connectivity index (χ1n) is 6.39. The van der Waals surface area contributed by atoms with Crippen LogP contribution in [0.3, 0.4) is 0 Å². The fraction of sp³-hybridized carbons (Fsp3) is 0.462. The summed E-state index contributed by atoms with van der Waals surface area (Å²) in [5, 5.41) is 22.6. The van der Waals surface area contributed by atoms with E-state index in [-0.39, 0.29) is 11.8 Å². The maximum absolute atomic E-state index is 10.9. The fourth-order valence-corrected chi connectivity index (χ4v) is 2.15. The van der Waals surface area contributed by atoms with E-state index in [1.807, 2.05) is 4.90 Å². The van der Waals surface area contributed by atoms with Crippen LogP contribution < -0.4 is 5.32 Å². The second-order valence-electron chi connectivity index (χ2n) is 4.54. The van der Waals surface area contributed by atoms with Crippen molar-refractivity contribution in [3.63, 3.8) is 0 Å². The number of morpholine rings is 1. The van der Waals surface area contributed by atoms with Crippen LogP contribution in [0.25, 0.3) is 0 Å². The maximum atomic E-state index is 10.9. The highest BCUT2D eigenvalue weighted by Gasteiger charge is 2.21. The first-order chi connectivity index (χ1) is 9.70. The van der Waals surface area contributed by atoms with Crippen LogP contribution in [0, 0.1) is 21.4 Å². The summed E-state index contributed by atoms with van der Waals surface area (Å²) in [5.41, 5.74) is 0.538. The lowest BCUT2D eigenvalue weighted by molar-refractivity contribution is -0.384. The van der Waals surface area contributed by atoms with Crippen LogP contribution in [0.5, 0.6) is 0 Å². The molecule has 7 nitrogen and oxygen atoms in total. The molecule has 1 heterocycles. The van der Waals surface area contributed by atoms with Gasteiger partial charge in [0.1, 0.15) is 5.69 Å². The normalized spacial score (nSPS) is 19.2. The molecular formula is C13H16N4O3. The van der Waals surface area contributed by atoms with Crippen molar-refractivity contribution in [1.82, 2.24) is 4.90 Å². The Morgan fingerprint density at radius 2 is 2.35 bits per heavy atom. The van der Waals surface area contributed by atoms with Crippen molar-refractivity contribution in [2.45, 2.75) is 6.10 Å². The molecule has 1 unspecified atom stereocenters. The van der Waals surface area contributed by atoms with Gasteiger partial charge in [-0.05, 0) is 6.07 Å². The van der Waals surface area contributed by atoms with Gasteiger partial charge in [0.2, 0.25) is 0 Å². The summed E-state index contributed by atoms with van der Waals surface area (Å²) < 4.78 is 5.59. The van der Waals surface area contributed by atoms with Crippen molar-refractivity contribution in [2.75, 3.05) is 38.1 Å². The minimum absolute atomic E-state index is 0.0530. The van der Waals surface area contributed by atoms with Gasteiger partial charge in [0, 0.05) is 25.7 Å². The largest absolute Gasteiger partial charge is 0.377 e. The first kappa shape index (κ1) is 14.2. The number of ether oxygens (including phenoxy) is 1. The van der Waals surface area contributed by atoms with Gasteiger partial charge in [0.05, 0.1) is 30.2 Å². The molecule has 2 rings (SSSR count). The zero-order chi connectivity index (χ0) is 14.4. The molecule has 1 aromatic carbocycles. The summed E-state index contributed by atoms with van der Waals surface area (Å²) >= 11 is 0. The maximum Gasteiger partial charge on any atom is 0.292 e. The highest BCUT2D eigenvalue weighted by molar-refractivity contribution is 5.61. The Kier molecular flexibility index (Phi) is 4.87. The van der Waals surface area contributed by atoms with Gasteiger partial charge in [-0.1, -0.05) is 12.1 Å². The third-order valence-corrected chi connectivity index (χ3v) is 3.14. The van der Waals surface area contributed by atoms with Crippen molar-refractivity contribution >= 4 is 11.4 Å². The quantitative estimate of drug-likeness (QED) is 0.494. The molecule has 0 aromatic heterocycles. The number of nitro groups is 1. The van der Waals surface area contributed by atoms with Gasteiger partial charge in [-0.2, -0.15) is 5.26 Å². The summed E-state index contributed by atoms with van der Waals surface area (Å²) in [5.74, 6) is 0. The standard InChI is InChI=1S/C13H16N4O3/c14-5-6-16-7-8-20-11(10-16)9-15-12-3-1-2-4-13(12)17(18)19/h1-4,11,15H,6-10H2. The molecule has 0 bridgehead atoms. The molecule has 1 aromatic rings. The van der Waals surface area contributed by atoms with Crippen molar-refractivity contribution < 1.29 is 9.66 Å². The Balaban J connectivity index is 1.92. The van der Waals surface area contributed by atoms with E-state index in [0.717, 1.165) is 6.54 Å². The molecule has 106 valence electrons. The third-order valence-electron chi connectivity index (χ3n) is 3.14. The smallest absolute Gasteiger partial charge is 0.292 e. The number of benzene rings is 1. The van der Waals surface area contributed by atoms with Crippen LogP contribution in [0.1, 0.15) is 0 Å². The minimum atomic E-state index is -0.411. The minimum Gasteiger partial charge on any atom is -0.377 e. The number of nitriles is 1. The van der Waals surface area contributed by atoms with Crippen molar-refractivity contribution in [3.8, 4) is 6.07 Å². The van der Waals surface area contributed by atoms with Gasteiger partial charge in [0.25, 0.3) is 5.69 Å². The Bertz CT molecular complexity index is 515. The van der Waals surface area contributed by atoms with Gasteiger partial charge < -0.3 is 10.1 Å². The lowest BCUT2D eigenvalue weighted by Gasteiger charge is -2.31. The number of nitrogens with zero attached hydrogens (tertiary/aromatic N) is 3. The van der Waals surface area contributed by atoms with Crippen molar-refractivity contribution in [1.29, 1.82) is 5.26 Å². The van der Waals surface area contributed by atoms with E-state index >= 15 is 0 Å². The van der Waals surface area contributed by atoms with E-state index < -0.39 is 4.92 Å². The van der Waals surface area contributed by atoms with Gasteiger partial charge in [0.15, 0.2) is 0 Å². The van der Waals surface area contributed by atoms with Crippen molar-refractivity contribution in [3.05, 3.63) is 34.4 Å². The fourth-order valence-electron chi connectivity index (χ4n) is 2.15. The van der Waals surface area contributed by atoms with E-state index in [1.165, 1.54) is 6.07 Å². The molecule has 0 radical (unpaired) electrons. The zero-order valence-electron chi connectivity index (χ0n) is 11.0. The molecule has 0 spiro atoms. The molecule has 1 aliphatic rings. The van der Waals surface area contributed by atoms with Crippen LogP contribution in [0.15, 0.2) is 24.3 Å². The number of nitrogens with one attached hydrogen (secondary N) is 1. The highest BCUT2D eigenvalue weighted by atomic mass is 16.6. The summed E-state index contributed by atoms with van der Waals surface area (Å²) in [6, 6.07) is 8.64. The molecule has 1 aliphatic heterocycles. The van der Waals surface area contributed by atoms with Crippen LogP contribution in [-0.2, 0) is 4.74 Å². The topological polar surface area (TPSA) is 91.4 Å². The molecule has 1 fully saturated rings. The third kappa shape index (κ3) is 3.66. The van der Waals surface area contributed by atoms with Gasteiger partial charge in [-0.25, -0.2) is 0 Å². The molecule has 1 N–H and O–H groups in total. The average molecular weight is 276 g/mol. The SMILES string of the molecule is N#CCN1CCOC(CNc2ccccc2[N+](=O)[O-])C1. The van der Waals surface area contributed by atoms with Crippen LogP contribution in [0.2, 0.25) is 0 Å². The molecule has 0 aliphatic carbocycles. The summed E-state index contributed by atoms with van der Waals surface area (Å²) in [6.07, 6.45) is -0.0723. The molecule has 1 saturated heterocycles. The lowest BCUT2D eigenvalue weighted by Crippen LogP contribution is -2.45. The Hall–Kier alpha value is -2.17. The van der Waals surface area contributed by atoms with Gasteiger partial charge >= 0.3 is 0 Å². The predicted octanol–water partition coefficient (Wildman–Crippen LogP) is 1.23. The molecular weight excluding hydrogens is 260 g/mol. The van der Waals surface area contributed by atoms with E-state index in [0.29, 0.717) is 31.9 Å². The van der Waals surface area contributed by atoms with Gasteiger partial charge in [-0.3, -0.25) is 15.0 Å². The number of anilines is 1. The van der Waals surface area contributed by atoms with E-state index in [2.05, 4.69) is 11.4 Å². The summed E-state index contributed by atoms with van der Waals surface area (Å²) in [4.78, 5) is 12.5. The van der Waals surface area contributed by atoms with E-state index in [9.17, 15) is 10.1 Å². The molecule has 20 heavy (non-hydrogen) atoms. The number of nitro benzene ring substituents is 1. The van der Waals surface area contributed by atoms with Crippen molar-refractivity contribution in [2.24, 2.45) is 0 Å². The second kappa shape index (κ2) is 6.84. The van der Waals surface area contributed by atoms with Crippen LogP contribution in [0.4, 0.5) is 11.4 Å². The van der Waals surface area contributed by atoms with Crippen LogP contribution in [-0.4, -0.2) is 48.7 Å². The Morgan fingerprint density at radius 1 is 1.55 bits per heavy atom. The van der Waals surface area contributed by atoms with E-state index in [4.69, 9.17) is 10.00 Å². The highest BCUT2D eigenvalue weighted by Crippen LogP contribution is 2.23. The first-order valence-corrected chi connectivity index (χ1v) is 6.39. The molecule has 0 saturated carbocycles. The summed E-state index contributed by atoms with van der Waals surface area (Å²) in [7, 11) is 0. The average Bonchev–Trinajstić information content (AvgIpc) is 2.46. The molecule has 0 amide bonds. The number of rotatable bonds is 5. The zero-order valence-corrected chi connectivity index (χ0v) is 11.0. The Labute approximate surface area is 116 Å². The number of para-hydroxylation sites is 2. The second-order valence-corrected chi connectivity index (χ2v) is 4.54. The lowest BCUT2D eigenvalue weighted by atomic mass is 10.2. The van der Waals surface area contributed by atoms with Crippen LogP contribution >= 0.6 is 0 Å². The number of hydrogen-bond acceptors (Lipinski definition) is 6. The monoisotopic (exact) mass is 276 g/mol. The van der Waals surface area contributed by atoms with E-state index in [1.54, 1.807) is 18.2 Å².